The molecule has 98 valence electrons. The van der Waals surface area contributed by atoms with E-state index in [9.17, 15) is 4.79 Å². The topological polar surface area (TPSA) is 29.5 Å². The Hall–Kier alpha value is -1.35. The van der Waals surface area contributed by atoms with Crippen molar-refractivity contribution in [3.05, 3.63) is 35.9 Å². The van der Waals surface area contributed by atoms with Gasteiger partial charge >= 0.3 is 5.97 Å². The monoisotopic (exact) mass is 247 g/mol. The van der Waals surface area contributed by atoms with Gasteiger partial charge in [-0.1, -0.05) is 18.2 Å². The summed E-state index contributed by atoms with van der Waals surface area (Å²) in [7, 11) is 4.18. The van der Waals surface area contributed by atoms with Crippen molar-refractivity contribution in [2.24, 2.45) is 0 Å². The summed E-state index contributed by atoms with van der Waals surface area (Å²) in [6.45, 7) is 0. The molecule has 0 N–H and O–H groups in total. The molecule has 1 saturated carbocycles. The van der Waals surface area contributed by atoms with Gasteiger partial charge in [0.15, 0.2) is 0 Å². The summed E-state index contributed by atoms with van der Waals surface area (Å²) >= 11 is 0. The molecular formula is C15H21NO2. The van der Waals surface area contributed by atoms with Gasteiger partial charge in [-0.15, -0.1) is 0 Å². The SMILES string of the molecule is CN(C)C1CCCC(OC(=O)c2ccccc2)C1. The van der Waals surface area contributed by atoms with E-state index in [1.54, 1.807) is 12.1 Å². The molecule has 3 heteroatoms. The van der Waals surface area contributed by atoms with E-state index in [2.05, 4.69) is 19.0 Å². The van der Waals surface area contributed by atoms with Crippen LogP contribution >= 0.6 is 0 Å². The van der Waals surface area contributed by atoms with Gasteiger partial charge in [-0.05, 0) is 51.9 Å². The van der Waals surface area contributed by atoms with Crippen molar-refractivity contribution >= 4 is 5.97 Å². The van der Waals surface area contributed by atoms with Gasteiger partial charge in [-0.25, -0.2) is 4.79 Å². The lowest BCUT2D eigenvalue weighted by atomic mass is 9.92. The first-order valence-electron chi connectivity index (χ1n) is 6.59. The zero-order valence-electron chi connectivity index (χ0n) is 11.1. The van der Waals surface area contributed by atoms with E-state index in [1.165, 1.54) is 6.42 Å². The standard InChI is InChI=1S/C15H21NO2/c1-16(2)13-9-6-10-14(11-13)18-15(17)12-7-4-3-5-8-12/h3-5,7-8,13-14H,6,9-11H2,1-2H3. The van der Waals surface area contributed by atoms with Gasteiger partial charge in [0.05, 0.1) is 5.56 Å². The highest BCUT2D eigenvalue weighted by Crippen LogP contribution is 2.24. The Morgan fingerprint density at radius 1 is 1.22 bits per heavy atom. The maximum Gasteiger partial charge on any atom is 0.338 e. The quantitative estimate of drug-likeness (QED) is 0.769. The average molecular weight is 247 g/mol. The Balaban J connectivity index is 1.91. The fraction of sp³-hybridized carbons (Fsp3) is 0.533. The molecule has 0 amide bonds. The Labute approximate surface area is 109 Å². The van der Waals surface area contributed by atoms with E-state index < -0.39 is 0 Å². The molecule has 3 nitrogen and oxygen atoms in total. The number of nitrogens with zero attached hydrogens (tertiary/aromatic N) is 1. The minimum absolute atomic E-state index is 0.0684. The summed E-state index contributed by atoms with van der Waals surface area (Å²) in [5.41, 5.74) is 0.643. The van der Waals surface area contributed by atoms with Gasteiger partial charge in [-0.3, -0.25) is 0 Å². The van der Waals surface area contributed by atoms with Gasteiger partial charge in [0.25, 0.3) is 0 Å². The molecule has 0 saturated heterocycles. The van der Waals surface area contributed by atoms with Crippen LogP contribution in [0.4, 0.5) is 0 Å². The van der Waals surface area contributed by atoms with Gasteiger partial charge in [0.1, 0.15) is 6.10 Å². The molecule has 2 unspecified atom stereocenters. The van der Waals surface area contributed by atoms with E-state index in [4.69, 9.17) is 4.74 Å². The lowest BCUT2D eigenvalue weighted by molar-refractivity contribution is 0.0107. The lowest BCUT2D eigenvalue weighted by Crippen LogP contribution is -2.37. The zero-order chi connectivity index (χ0) is 13.0. The Morgan fingerprint density at radius 3 is 2.61 bits per heavy atom. The van der Waals surface area contributed by atoms with E-state index >= 15 is 0 Å². The third-order valence-electron chi connectivity index (χ3n) is 3.61. The molecule has 2 atom stereocenters. The summed E-state index contributed by atoms with van der Waals surface area (Å²) in [5, 5.41) is 0. The van der Waals surface area contributed by atoms with E-state index in [-0.39, 0.29) is 12.1 Å². The minimum Gasteiger partial charge on any atom is -0.459 e. The van der Waals surface area contributed by atoms with E-state index in [0.717, 1.165) is 19.3 Å². The fourth-order valence-corrected chi connectivity index (χ4v) is 2.49. The Morgan fingerprint density at radius 2 is 1.94 bits per heavy atom. The summed E-state index contributed by atoms with van der Waals surface area (Å²) < 4.78 is 5.59. The second-order valence-corrected chi connectivity index (χ2v) is 5.18. The third-order valence-corrected chi connectivity index (χ3v) is 3.61. The van der Waals surface area contributed by atoms with Crippen LogP contribution in [0.5, 0.6) is 0 Å². The molecule has 2 rings (SSSR count). The van der Waals surface area contributed by atoms with Crippen molar-refractivity contribution in [3.8, 4) is 0 Å². The Kier molecular flexibility index (Phi) is 4.37. The predicted molar refractivity (Wildman–Crippen MR) is 71.6 cm³/mol. The highest BCUT2D eigenvalue weighted by atomic mass is 16.5. The molecule has 1 aromatic carbocycles. The number of ether oxygens (including phenoxy) is 1. The third kappa shape index (κ3) is 3.33. The van der Waals surface area contributed by atoms with Gasteiger partial charge in [0, 0.05) is 6.04 Å². The smallest absolute Gasteiger partial charge is 0.338 e. The fourth-order valence-electron chi connectivity index (χ4n) is 2.49. The van der Waals surface area contributed by atoms with Crippen LogP contribution in [-0.4, -0.2) is 37.1 Å². The number of hydrogen-bond donors (Lipinski definition) is 0. The maximum atomic E-state index is 12.0. The van der Waals surface area contributed by atoms with Crippen LogP contribution in [-0.2, 0) is 4.74 Å². The molecular weight excluding hydrogens is 226 g/mol. The first-order valence-corrected chi connectivity index (χ1v) is 6.59. The molecule has 18 heavy (non-hydrogen) atoms. The van der Waals surface area contributed by atoms with Crippen LogP contribution in [0.3, 0.4) is 0 Å². The Bertz CT molecular complexity index is 389. The van der Waals surface area contributed by atoms with E-state index in [0.29, 0.717) is 11.6 Å². The van der Waals surface area contributed by atoms with Crippen molar-refractivity contribution in [1.29, 1.82) is 0 Å². The molecule has 0 bridgehead atoms. The van der Waals surface area contributed by atoms with Gasteiger partial charge < -0.3 is 9.64 Å². The van der Waals surface area contributed by atoms with Gasteiger partial charge in [-0.2, -0.15) is 0 Å². The molecule has 0 spiro atoms. The number of carbonyl (C=O) groups excluding carboxylic acids is 1. The maximum absolute atomic E-state index is 12.0. The molecule has 0 aliphatic heterocycles. The summed E-state index contributed by atoms with van der Waals surface area (Å²) in [6, 6.07) is 9.76. The van der Waals surface area contributed by atoms with Crippen molar-refractivity contribution in [3.63, 3.8) is 0 Å². The number of carbonyl (C=O) groups is 1. The largest absolute Gasteiger partial charge is 0.459 e. The first kappa shape index (κ1) is 13.1. The van der Waals surface area contributed by atoms with Crippen LogP contribution < -0.4 is 0 Å². The highest BCUT2D eigenvalue weighted by molar-refractivity contribution is 5.89. The first-order chi connectivity index (χ1) is 8.66. The molecule has 0 radical (unpaired) electrons. The number of esters is 1. The number of benzene rings is 1. The van der Waals surface area contributed by atoms with Crippen molar-refractivity contribution in [2.75, 3.05) is 14.1 Å². The molecule has 1 aromatic rings. The van der Waals surface area contributed by atoms with Crippen molar-refractivity contribution < 1.29 is 9.53 Å². The van der Waals surface area contributed by atoms with Gasteiger partial charge in [0.2, 0.25) is 0 Å². The van der Waals surface area contributed by atoms with Crippen LogP contribution in [0.2, 0.25) is 0 Å². The number of hydrogen-bond acceptors (Lipinski definition) is 3. The highest BCUT2D eigenvalue weighted by Gasteiger charge is 2.26. The minimum atomic E-state index is -0.194. The molecule has 0 heterocycles. The second-order valence-electron chi connectivity index (χ2n) is 5.18. The molecule has 1 aliphatic rings. The summed E-state index contributed by atoms with van der Waals surface area (Å²) in [4.78, 5) is 14.2. The average Bonchev–Trinajstić information content (AvgIpc) is 2.40. The predicted octanol–water partition coefficient (Wildman–Crippen LogP) is 2.72. The van der Waals surface area contributed by atoms with E-state index in [1.807, 2.05) is 18.2 Å². The molecule has 0 aromatic heterocycles. The van der Waals surface area contributed by atoms with Crippen LogP contribution in [0.1, 0.15) is 36.0 Å². The molecule has 1 fully saturated rings. The normalized spacial score (nSPS) is 23.9. The summed E-state index contributed by atoms with van der Waals surface area (Å²) in [6.07, 6.45) is 4.34. The number of rotatable bonds is 3. The summed E-state index contributed by atoms with van der Waals surface area (Å²) in [5.74, 6) is -0.194. The van der Waals surface area contributed by atoms with Crippen LogP contribution in [0.15, 0.2) is 30.3 Å². The lowest BCUT2D eigenvalue weighted by Gasteiger charge is -2.32. The van der Waals surface area contributed by atoms with Crippen molar-refractivity contribution in [1.82, 2.24) is 4.90 Å². The van der Waals surface area contributed by atoms with Crippen LogP contribution in [0.25, 0.3) is 0 Å². The molecule has 1 aliphatic carbocycles. The van der Waals surface area contributed by atoms with Crippen molar-refractivity contribution in [2.45, 2.75) is 37.8 Å². The van der Waals surface area contributed by atoms with Crippen LogP contribution in [0, 0.1) is 0 Å². The second kappa shape index (κ2) is 6.01. The zero-order valence-corrected chi connectivity index (χ0v) is 11.1.